The first kappa shape index (κ1) is 13.5. The zero-order valence-electron chi connectivity index (χ0n) is 11.2. The van der Waals surface area contributed by atoms with Crippen LogP contribution in [-0.4, -0.2) is 23.4 Å². The van der Waals surface area contributed by atoms with Crippen LogP contribution >= 0.6 is 0 Å². The van der Waals surface area contributed by atoms with E-state index in [1.165, 1.54) is 13.2 Å². The van der Waals surface area contributed by atoms with E-state index in [1.807, 2.05) is 12.3 Å². The predicted molar refractivity (Wildman–Crippen MR) is 72.1 cm³/mol. The lowest BCUT2D eigenvalue weighted by Crippen LogP contribution is -2.14. The van der Waals surface area contributed by atoms with E-state index in [0.717, 1.165) is 25.2 Å². The van der Waals surface area contributed by atoms with Crippen LogP contribution in [0.15, 0.2) is 30.5 Å². The van der Waals surface area contributed by atoms with Crippen molar-refractivity contribution in [1.82, 2.24) is 15.1 Å². The predicted octanol–water partition coefficient (Wildman–Crippen LogP) is 2.52. The van der Waals surface area contributed by atoms with Crippen molar-refractivity contribution in [3.8, 4) is 11.4 Å². The molecule has 0 bridgehead atoms. The summed E-state index contributed by atoms with van der Waals surface area (Å²) < 4.78 is 20.2. The van der Waals surface area contributed by atoms with E-state index in [4.69, 9.17) is 4.74 Å². The molecule has 0 unspecified atom stereocenters. The summed E-state index contributed by atoms with van der Waals surface area (Å²) in [6, 6.07) is 6.71. The van der Waals surface area contributed by atoms with E-state index < -0.39 is 0 Å². The third-order valence-corrected chi connectivity index (χ3v) is 2.78. The van der Waals surface area contributed by atoms with E-state index in [-0.39, 0.29) is 11.6 Å². The number of ether oxygens (including phenoxy) is 1. The maximum Gasteiger partial charge on any atom is 0.167 e. The quantitative estimate of drug-likeness (QED) is 0.814. The third kappa shape index (κ3) is 3.32. The minimum atomic E-state index is -0.388. The number of hydrogen-bond donors (Lipinski definition) is 1. The highest BCUT2D eigenvalue weighted by atomic mass is 19.1. The van der Waals surface area contributed by atoms with Crippen molar-refractivity contribution in [2.45, 2.75) is 19.9 Å². The Bertz CT molecular complexity index is 539. The SMILES string of the molecule is CCCNCc1ccn(-c2ccc(OC)c(F)c2)n1. The fourth-order valence-electron chi connectivity index (χ4n) is 1.79. The third-order valence-electron chi connectivity index (χ3n) is 2.78. The number of nitrogens with zero attached hydrogens (tertiary/aromatic N) is 2. The lowest BCUT2D eigenvalue weighted by atomic mass is 10.3. The van der Waals surface area contributed by atoms with Gasteiger partial charge in [0.25, 0.3) is 0 Å². The Kier molecular flexibility index (Phi) is 4.52. The summed E-state index contributed by atoms with van der Waals surface area (Å²) in [5.74, 6) is -0.151. The Morgan fingerprint density at radius 2 is 2.21 bits per heavy atom. The maximum atomic E-state index is 13.6. The van der Waals surface area contributed by atoms with Crippen molar-refractivity contribution in [2.75, 3.05) is 13.7 Å². The van der Waals surface area contributed by atoms with Gasteiger partial charge in [0.15, 0.2) is 11.6 Å². The topological polar surface area (TPSA) is 39.1 Å². The largest absolute Gasteiger partial charge is 0.494 e. The van der Waals surface area contributed by atoms with Gasteiger partial charge in [-0.1, -0.05) is 6.92 Å². The van der Waals surface area contributed by atoms with Crippen LogP contribution in [0.25, 0.3) is 5.69 Å². The van der Waals surface area contributed by atoms with Crippen molar-refractivity contribution in [1.29, 1.82) is 0 Å². The normalized spacial score (nSPS) is 10.7. The molecular weight excluding hydrogens is 245 g/mol. The van der Waals surface area contributed by atoms with Crippen LogP contribution in [-0.2, 0) is 6.54 Å². The molecule has 0 radical (unpaired) electrons. The minimum Gasteiger partial charge on any atom is -0.494 e. The van der Waals surface area contributed by atoms with E-state index in [9.17, 15) is 4.39 Å². The standard InChI is InChI=1S/C14H18FN3O/c1-3-7-16-10-11-6-8-18(17-11)12-4-5-14(19-2)13(15)9-12/h4-6,8-9,16H,3,7,10H2,1-2H3. The molecule has 102 valence electrons. The molecule has 0 saturated heterocycles. The summed E-state index contributed by atoms with van der Waals surface area (Å²) in [4.78, 5) is 0. The monoisotopic (exact) mass is 263 g/mol. The van der Waals surface area contributed by atoms with Crippen LogP contribution in [0.4, 0.5) is 4.39 Å². The molecule has 4 nitrogen and oxygen atoms in total. The van der Waals surface area contributed by atoms with Crippen molar-refractivity contribution in [3.63, 3.8) is 0 Å². The van der Waals surface area contributed by atoms with Gasteiger partial charge in [0.05, 0.1) is 18.5 Å². The van der Waals surface area contributed by atoms with Gasteiger partial charge < -0.3 is 10.1 Å². The average molecular weight is 263 g/mol. The Balaban J connectivity index is 2.11. The molecule has 1 aromatic heterocycles. The second-order valence-corrected chi connectivity index (χ2v) is 4.25. The van der Waals surface area contributed by atoms with Crippen molar-refractivity contribution >= 4 is 0 Å². The Morgan fingerprint density at radius 1 is 1.37 bits per heavy atom. The molecule has 19 heavy (non-hydrogen) atoms. The van der Waals surface area contributed by atoms with Crippen LogP contribution in [0.1, 0.15) is 19.0 Å². The molecule has 5 heteroatoms. The molecule has 0 aliphatic heterocycles. The molecule has 0 spiro atoms. The number of aromatic nitrogens is 2. The molecule has 0 saturated carbocycles. The first-order valence-corrected chi connectivity index (χ1v) is 6.33. The van der Waals surface area contributed by atoms with E-state index in [2.05, 4.69) is 17.3 Å². The van der Waals surface area contributed by atoms with Gasteiger partial charge in [0.1, 0.15) is 0 Å². The fraction of sp³-hybridized carbons (Fsp3) is 0.357. The first-order chi connectivity index (χ1) is 9.24. The first-order valence-electron chi connectivity index (χ1n) is 6.33. The number of hydrogen-bond acceptors (Lipinski definition) is 3. The highest BCUT2D eigenvalue weighted by Gasteiger charge is 2.06. The smallest absolute Gasteiger partial charge is 0.167 e. The van der Waals surface area contributed by atoms with Gasteiger partial charge in [-0.3, -0.25) is 0 Å². The molecule has 1 aromatic carbocycles. The fourth-order valence-corrected chi connectivity index (χ4v) is 1.79. The van der Waals surface area contributed by atoms with Crippen LogP contribution in [0.3, 0.4) is 0 Å². The van der Waals surface area contributed by atoms with E-state index in [0.29, 0.717) is 5.69 Å². The van der Waals surface area contributed by atoms with E-state index in [1.54, 1.807) is 16.8 Å². The lowest BCUT2D eigenvalue weighted by Gasteiger charge is -2.05. The molecule has 2 rings (SSSR count). The molecule has 1 N–H and O–H groups in total. The lowest BCUT2D eigenvalue weighted by molar-refractivity contribution is 0.386. The van der Waals surface area contributed by atoms with Crippen molar-refractivity contribution in [2.24, 2.45) is 0 Å². The second-order valence-electron chi connectivity index (χ2n) is 4.25. The van der Waals surface area contributed by atoms with Gasteiger partial charge in [-0.25, -0.2) is 9.07 Å². The van der Waals surface area contributed by atoms with Gasteiger partial charge in [-0.05, 0) is 31.2 Å². The highest BCUT2D eigenvalue weighted by molar-refractivity contribution is 5.38. The van der Waals surface area contributed by atoms with Crippen molar-refractivity contribution in [3.05, 3.63) is 42.0 Å². The summed E-state index contributed by atoms with van der Waals surface area (Å²) in [6.07, 6.45) is 2.91. The molecule has 2 aromatic rings. The number of methoxy groups -OCH3 is 1. The maximum absolute atomic E-state index is 13.6. The molecule has 0 fully saturated rings. The van der Waals surface area contributed by atoms with Crippen LogP contribution in [0.5, 0.6) is 5.75 Å². The Hall–Kier alpha value is -1.88. The molecule has 1 heterocycles. The van der Waals surface area contributed by atoms with Gasteiger partial charge >= 0.3 is 0 Å². The van der Waals surface area contributed by atoms with Crippen LogP contribution in [0.2, 0.25) is 0 Å². The van der Waals surface area contributed by atoms with Gasteiger partial charge in [-0.15, -0.1) is 0 Å². The number of nitrogens with one attached hydrogen (secondary N) is 1. The molecular formula is C14H18FN3O. The van der Waals surface area contributed by atoms with Gasteiger partial charge in [0, 0.05) is 18.8 Å². The summed E-state index contributed by atoms with van der Waals surface area (Å²) in [5, 5.41) is 7.67. The summed E-state index contributed by atoms with van der Waals surface area (Å²) in [6.45, 7) is 3.80. The number of rotatable bonds is 6. The summed E-state index contributed by atoms with van der Waals surface area (Å²) in [5.41, 5.74) is 1.62. The molecule has 0 aliphatic rings. The molecule has 0 atom stereocenters. The van der Waals surface area contributed by atoms with Crippen LogP contribution < -0.4 is 10.1 Å². The second kappa shape index (κ2) is 6.33. The average Bonchev–Trinajstić information content (AvgIpc) is 2.88. The van der Waals surface area contributed by atoms with Gasteiger partial charge in [0.2, 0.25) is 0 Å². The Labute approximate surface area is 112 Å². The number of halogens is 1. The van der Waals surface area contributed by atoms with Crippen LogP contribution in [0, 0.1) is 5.82 Å². The van der Waals surface area contributed by atoms with Crippen molar-refractivity contribution < 1.29 is 9.13 Å². The summed E-state index contributed by atoms with van der Waals surface area (Å²) >= 11 is 0. The zero-order valence-corrected chi connectivity index (χ0v) is 11.2. The van der Waals surface area contributed by atoms with Gasteiger partial charge in [-0.2, -0.15) is 5.10 Å². The zero-order chi connectivity index (χ0) is 13.7. The molecule has 0 aliphatic carbocycles. The van der Waals surface area contributed by atoms with E-state index >= 15 is 0 Å². The Morgan fingerprint density at radius 3 is 2.89 bits per heavy atom. The molecule has 0 amide bonds. The minimum absolute atomic E-state index is 0.237. The number of benzene rings is 1. The highest BCUT2D eigenvalue weighted by Crippen LogP contribution is 2.19. The summed E-state index contributed by atoms with van der Waals surface area (Å²) in [7, 11) is 1.45.